The molecule has 2 aromatic heterocycles. The maximum absolute atomic E-state index is 5.91. The third kappa shape index (κ3) is 1.90. The van der Waals surface area contributed by atoms with E-state index in [1.165, 1.54) is 22.2 Å². The first-order valence-electron chi connectivity index (χ1n) is 6.12. The lowest BCUT2D eigenvalue weighted by atomic mass is 10.1. The number of nitrogens with zero attached hydrogens (tertiary/aromatic N) is 3. The van der Waals surface area contributed by atoms with Crippen molar-refractivity contribution in [3.8, 4) is 11.3 Å². The van der Waals surface area contributed by atoms with Crippen molar-refractivity contribution in [3.63, 3.8) is 0 Å². The second kappa shape index (κ2) is 4.35. The fraction of sp³-hybridized carbons (Fsp3) is 0.200. The molecular weight excluding hydrogens is 258 g/mol. The van der Waals surface area contributed by atoms with Gasteiger partial charge >= 0.3 is 0 Å². The van der Waals surface area contributed by atoms with E-state index in [1.54, 1.807) is 6.20 Å². The van der Waals surface area contributed by atoms with Gasteiger partial charge in [-0.15, -0.1) is 0 Å². The minimum Gasteiger partial charge on any atom is -0.347 e. The summed E-state index contributed by atoms with van der Waals surface area (Å²) in [5.74, 6) is 0. The van der Waals surface area contributed by atoms with Crippen LogP contribution in [0.3, 0.4) is 0 Å². The first-order valence-corrected chi connectivity index (χ1v) is 6.50. The van der Waals surface area contributed by atoms with Crippen molar-refractivity contribution >= 4 is 22.5 Å². The largest absolute Gasteiger partial charge is 0.347 e. The minimum atomic E-state index is 0.279. The molecule has 3 aromatic rings. The molecule has 2 heterocycles. The molecule has 0 aliphatic carbocycles. The van der Waals surface area contributed by atoms with Crippen LogP contribution in [0.15, 0.2) is 30.5 Å². The average Bonchev–Trinajstić information content (AvgIpc) is 2.61. The summed E-state index contributed by atoms with van der Waals surface area (Å²) in [6.07, 6.45) is 1.69. The quantitative estimate of drug-likeness (QED) is 0.629. The lowest BCUT2D eigenvalue weighted by Gasteiger charge is -2.02. The number of hydrogen-bond donors (Lipinski definition) is 0. The highest BCUT2D eigenvalue weighted by Crippen LogP contribution is 2.33. The summed E-state index contributed by atoms with van der Waals surface area (Å²) in [6, 6.07) is 8.35. The first-order chi connectivity index (χ1) is 9.08. The van der Waals surface area contributed by atoms with E-state index in [0.717, 1.165) is 11.3 Å². The van der Waals surface area contributed by atoms with E-state index < -0.39 is 0 Å². The molecule has 0 aliphatic rings. The van der Waals surface area contributed by atoms with Crippen molar-refractivity contribution in [3.05, 3.63) is 47.0 Å². The van der Waals surface area contributed by atoms with Crippen molar-refractivity contribution in [2.45, 2.75) is 13.8 Å². The van der Waals surface area contributed by atoms with Crippen molar-refractivity contribution < 1.29 is 0 Å². The average molecular weight is 272 g/mol. The number of aryl methyl sites for hydroxylation is 2. The number of aromatic nitrogens is 3. The SMILES string of the molecule is Cc1ccc2c(c1)c(-c1ccnc(Cl)n1)c(C)n2C. The number of fused-ring (bicyclic) bond motifs is 1. The molecule has 0 amide bonds. The summed E-state index contributed by atoms with van der Waals surface area (Å²) >= 11 is 5.91. The molecule has 0 spiro atoms. The van der Waals surface area contributed by atoms with Crippen molar-refractivity contribution in [1.82, 2.24) is 14.5 Å². The molecule has 0 saturated heterocycles. The maximum atomic E-state index is 5.91. The van der Waals surface area contributed by atoms with E-state index in [2.05, 4.69) is 53.6 Å². The molecule has 19 heavy (non-hydrogen) atoms. The molecule has 0 aliphatic heterocycles. The van der Waals surface area contributed by atoms with Crippen LogP contribution in [0.5, 0.6) is 0 Å². The normalized spacial score (nSPS) is 11.2. The fourth-order valence-electron chi connectivity index (χ4n) is 2.48. The van der Waals surface area contributed by atoms with E-state index in [-0.39, 0.29) is 5.28 Å². The van der Waals surface area contributed by atoms with Gasteiger partial charge in [0.1, 0.15) is 0 Å². The van der Waals surface area contributed by atoms with E-state index in [1.807, 2.05) is 6.07 Å². The number of benzene rings is 1. The smallest absolute Gasteiger partial charge is 0.222 e. The van der Waals surface area contributed by atoms with Gasteiger partial charge in [0.2, 0.25) is 5.28 Å². The third-order valence-corrected chi connectivity index (χ3v) is 3.71. The standard InChI is InChI=1S/C15H14ClN3/c1-9-4-5-13-11(8-9)14(10(2)19(13)3)12-6-7-17-15(16)18-12/h4-8H,1-3H3. The summed E-state index contributed by atoms with van der Waals surface area (Å²) < 4.78 is 2.18. The Hall–Kier alpha value is -1.87. The number of hydrogen-bond acceptors (Lipinski definition) is 2. The van der Waals surface area contributed by atoms with Crippen LogP contribution in [0.25, 0.3) is 22.2 Å². The lowest BCUT2D eigenvalue weighted by Crippen LogP contribution is -1.92. The summed E-state index contributed by atoms with van der Waals surface area (Å²) in [6.45, 7) is 4.19. The highest BCUT2D eigenvalue weighted by atomic mass is 35.5. The van der Waals surface area contributed by atoms with E-state index >= 15 is 0 Å². The zero-order chi connectivity index (χ0) is 13.6. The molecule has 0 unspecified atom stereocenters. The van der Waals surface area contributed by atoms with Gasteiger partial charge in [0.25, 0.3) is 0 Å². The van der Waals surface area contributed by atoms with Crippen LogP contribution >= 0.6 is 11.6 Å². The van der Waals surface area contributed by atoms with Crippen molar-refractivity contribution in [1.29, 1.82) is 0 Å². The molecule has 96 valence electrons. The Kier molecular flexibility index (Phi) is 2.79. The second-order valence-corrected chi connectivity index (χ2v) is 5.09. The number of rotatable bonds is 1. The van der Waals surface area contributed by atoms with Gasteiger partial charge in [-0.3, -0.25) is 0 Å². The van der Waals surface area contributed by atoms with Crippen LogP contribution < -0.4 is 0 Å². The predicted octanol–water partition coefficient (Wildman–Crippen LogP) is 3.91. The highest BCUT2D eigenvalue weighted by molar-refractivity contribution is 6.28. The number of halogens is 1. The van der Waals surface area contributed by atoms with Crippen LogP contribution in [0.4, 0.5) is 0 Å². The molecule has 0 fully saturated rings. The maximum Gasteiger partial charge on any atom is 0.222 e. The summed E-state index contributed by atoms with van der Waals surface area (Å²) in [4.78, 5) is 8.29. The molecule has 0 radical (unpaired) electrons. The van der Waals surface area contributed by atoms with Gasteiger partial charge in [-0.05, 0) is 43.6 Å². The van der Waals surface area contributed by atoms with E-state index in [4.69, 9.17) is 11.6 Å². The molecule has 0 saturated carbocycles. The van der Waals surface area contributed by atoms with Gasteiger partial charge < -0.3 is 4.57 Å². The Morgan fingerprint density at radius 2 is 1.95 bits per heavy atom. The Balaban J connectivity index is 2.40. The molecule has 0 N–H and O–H groups in total. The van der Waals surface area contributed by atoms with Crippen LogP contribution in [-0.4, -0.2) is 14.5 Å². The third-order valence-electron chi connectivity index (χ3n) is 3.53. The molecule has 0 atom stereocenters. The molecule has 0 bridgehead atoms. The van der Waals surface area contributed by atoms with Crippen LogP contribution in [0, 0.1) is 13.8 Å². The second-order valence-electron chi connectivity index (χ2n) is 4.75. The van der Waals surface area contributed by atoms with Gasteiger partial charge in [0.05, 0.1) is 5.69 Å². The molecule has 1 aromatic carbocycles. The molecule has 4 heteroatoms. The zero-order valence-corrected chi connectivity index (χ0v) is 11.9. The Morgan fingerprint density at radius 3 is 2.68 bits per heavy atom. The summed E-state index contributed by atoms with van der Waals surface area (Å²) in [5.41, 5.74) is 5.61. The summed E-state index contributed by atoms with van der Waals surface area (Å²) in [7, 11) is 2.07. The first kappa shape index (κ1) is 12.2. The molecule has 3 nitrogen and oxygen atoms in total. The van der Waals surface area contributed by atoms with Gasteiger partial charge in [0, 0.05) is 35.4 Å². The predicted molar refractivity (Wildman–Crippen MR) is 78.4 cm³/mol. The van der Waals surface area contributed by atoms with Crippen LogP contribution in [0.2, 0.25) is 5.28 Å². The van der Waals surface area contributed by atoms with Crippen LogP contribution in [0.1, 0.15) is 11.3 Å². The topological polar surface area (TPSA) is 30.7 Å². The van der Waals surface area contributed by atoms with Crippen molar-refractivity contribution in [2.75, 3.05) is 0 Å². The van der Waals surface area contributed by atoms with Gasteiger partial charge in [0.15, 0.2) is 0 Å². The Bertz CT molecular complexity index is 774. The summed E-state index contributed by atoms with van der Waals surface area (Å²) in [5, 5.41) is 1.48. The molecular formula is C15H14ClN3. The monoisotopic (exact) mass is 271 g/mol. The lowest BCUT2D eigenvalue weighted by molar-refractivity contribution is 0.918. The Morgan fingerprint density at radius 1 is 1.16 bits per heavy atom. The zero-order valence-electron chi connectivity index (χ0n) is 11.1. The molecule has 3 rings (SSSR count). The van der Waals surface area contributed by atoms with E-state index in [0.29, 0.717) is 0 Å². The van der Waals surface area contributed by atoms with Crippen LogP contribution in [-0.2, 0) is 7.05 Å². The van der Waals surface area contributed by atoms with Gasteiger partial charge in [-0.1, -0.05) is 11.6 Å². The minimum absolute atomic E-state index is 0.279. The van der Waals surface area contributed by atoms with Gasteiger partial charge in [-0.2, -0.15) is 0 Å². The fourth-order valence-corrected chi connectivity index (χ4v) is 2.63. The van der Waals surface area contributed by atoms with Gasteiger partial charge in [-0.25, -0.2) is 9.97 Å². The van der Waals surface area contributed by atoms with E-state index in [9.17, 15) is 0 Å². The Labute approximate surface area is 116 Å². The van der Waals surface area contributed by atoms with Crippen molar-refractivity contribution in [2.24, 2.45) is 7.05 Å². The highest BCUT2D eigenvalue weighted by Gasteiger charge is 2.15.